The molecule has 0 aliphatic heterocycles. The van der Waals surface area contributed by atoms with Crippen LogP contribution in [0.1, 0.15) is 20.3 Å². The van der Waals surface area contributed by atoms with Crippen molar-refractivity contribution in [1.82, 2.24) is 0 Å². The minimum absolute atomic E-state index is 0.278. The van der Waals surface area contributed by atoms with Crippen LogP contribution in [0.15, 0.2) is 0 Å². The second-order valence-corrected chi connectivity index (χ2v) is 2.20. The van der Waals surface area contributed by atoms with Crippen LogP contribution in [-0.2, 0) is 14.6 Å². The van der Waals surface area contributed by atoms with Gasteiger partial charge in [0.2, 0.25) is 0 Å². The lowest BCUT2D eigenvalue weighted by atomic mass is 10.1. The summed E-state index contributed by atoms with van der Waals surface area (Å²) in [6.45, 7) is 4.91. The molecule has 0 amide bonds. The topological polar surface area (TPSA) is 35.5 Å². The first-order valence-electron chi connectivity index (χ1n) is 2.99. The van der Waals surface area contributed by atoms with Crippen molar-refractivity contribution in [2.45, 2.75) is 20.3 Å². The lowest BCUT2D eigenvalue weighted by Gasteiger charge is -2.01. The maximum absolute atomic E-state index is 9.50. The van der Waals surface area contributed by atoms with Gasteiger partial charge >= 0.3 is 6.47 Å². The highest BCUT2D eigenvalue weighted by molar-refractivity contribution is 5.35. The Morgan fingerprint density at radius 3 is 2.67 bits per heavy atom. The van der Waals surface area contributed by atoms with Gasteiger partial charge in [0.05, 0.1) is 6.61 Å². The van der Waals surface area contributed by atoms with Gasteiger partial charge in [-0.1, -0.05) is 13.8 Å². The second-order valence-electron chi connectivity index (χ2n) is 2.20. The van der Waals surface area contributed by atoms with Crippen molar-refractivity contribution in [3.05, 3.63) is 0 Å². The quantitative estimate of drug-likeness (QED) is 0.243. The Morgan fingerprint density at radius 1 is 1.56 bits per heavy atom. The van der Waals surface area contributed by atoms with E-state index in [1.807, 2.05) is 0 Å². The van der Waals surface area contributed by atoms with E-state index in [1.54, 1.807) is 0 Å². The van der Waals surface area contributed by atoms with Crippen molar-refractivity contribution in [3.8, 4) is 0 Å². The third-order valence-corrected chi connectivity index (χ3v) is 0.886. The third kappa shape index (κ3) is 7.43. The smallest absolute Gasteiger partial charge is 0.302 e. The monoisotopic (exact) mass is 132 g/mol. The van der Waals surface area contributed by atoms with E-state index in [2.05, 4.69) is 23.6 Å². The van der Waals surface area contributed by atoms with Crippen LogP contribution in [0.2, 0.25) is 0 Å². The van der Waals surface area contributed by atoms with Crippen LogP contribution in [0.3, 0.4) is 0 Å². The Kier molecular flexibility index (Phi) is 5.21. The number of carbonyl (C=O) groups is 1. The molecule has 0 heterocycles. The van der Waals surface area contributed by atoms with E-state index >= 15 is 0 Å². The van der Waals surface area contributed by atoms with E-state index in [-0.39, 0.29) is 6.47 Å². The molecule has 0 rings (SSSR count). The van der Waals surface area contributed by atoms with Crippen LogP contribution < -0.4 is 0 Å². The van der Waals surface area contributed by atoms with E-state index in [4.69, 9.17) is 0 Å². The van der Waals surface area contributed by atoms with E-state index in [0.717, 1.165) is 6.42 Å². The third-order valence-electron chi connectivity index (χ3n) is 0.886. The molecule has 9 heavy (non-hydrogen) atoms. The first kappa shape index (κ1) is 8.43. The van der Waals surface area contributed by atoms with E-state index in [0.29, 0.717) is 12.5 Å². The maximum Gasteiger partial charge on any atom is 0.330 e. The molecule has 3 nitrogen and oxygen atoms in total. The van der Waals surface area contributed by atoms with Crippen LogP contribution in [0.4, 0.5) is 0 Å². The van der Waals surface area contributed by atoms with Crippen LogP contribution in [0, 0.1) is 5.92 Å². The van der Waals surface area contributed by atoms with Crippen molar-refractivity contribution in [3.63, 3.8) is 0 Å². The zero-order chi connectivity index (χ0) is 7.11. The SMILES string of the molecule is CC(C)CCOOC=O. The van der Waals surface area contributed by atoms with Gasteiger partial charge in [0, 0.05) is 0 Å². The molecule has 0 aliphatic carbocycles. The van der Waals surface area contributed by atoms with Gasteiger partial charge in [-0.15, -0.1) is 0 Å². The molecule has 0 N–H and O–H groups in total. The molecule has 0 aliphatic rings. The Balaban J connectivity index is 2.82. The molecule has 0 saturated carbocycles. The zero-order valence-corrected chi connectivity index (χ0v) is 5.79. The summed E-state index contributed by atoms with van der Waals surface area (Å²) in [6.07, 6.45) is 0.911. The Bertz CT molecular complexity index is 70.7. The molecular formula is C6H12O3. The fourth-order valence-electron chi connectivity index (χ4n) is 0.360. The predicted molar refractivity (Wildman–Crippen MR) is 32.6 cm³/mol. The molecule has 0 aromatic heterocycles. The first-order chi connectivity index (χ1) is 4.27. The minimum atomic E-state index is 0.278. The first-order valence-corrected chi connectivity index (χ1v) is 2.99. The molecule has 0 bridgehead atoms. The summed E-state index contributed by atoms with van der Waals surface area (Å²) in [5.41, 5.74) is 0. The minimum Gasteiger partial charge on any atom is -0.302 e. The molecule has 0 aromatic carbocycles. The number of carbonyl (C=O) groups excluding carboxylic acids is 1. The van der Waals surface area contributed by atoms with Crippen molar-refractivity contribution in [2.24, 2.45) is 5.92 Å². The molecule has 0 fully saturated rings. The van der Waals surface area contributed by atoms with Gasteiger partial charge in [-0.3, -0.25) is 4.79 Å². The van der Waals surface area contributed by atoms with Crippen molar-refractivity contribution >= 4 is 6.47 Å². The van der Waals surface area contributed by atoms with E-state index in [1.165, 1.54) is 0 Å². The van der Waals surface area contributed by atoms with E-state index < -0.39 is 0 Å². The molecule has 0 aromatic rings. The molecular weight excluding hydrogens is 120 g/mol. The van der Waals surface area contributed by atoms with Crippen LogP contribution >= 0.6 is 0 Å². The Labute approximate surface area is 54.9 Å². The van der Waals surface area contributed by atoms with Gasteiger partial charge in [-0.25, -0.2) is 0 Å². The number of hydrogen-bond donors (Lipinski definition) is 0. The summed E-state index contributed by atoms with van der Waals surface area (Å²) in [5.74, 6) is 0.584. The molecule has 0 unspecified atom stereocenters. The van der Waals surface area contributed by atoms with Gasteiger partial charge in [-0.05, 0) is 12.3 Å². The zero-order valence-electron chi connectivity index (χ0n) is 5.79. The lowest BCUT2D eigenvalue weighted by Crippen LogP contribution is -1.98. The Hall–Kier alpha value is -0.570. The highest BCUT2D eigenvalue weighted by Crippen LogP contribution is 1.98. The standard InChI is InChI=1S/C6H12O3/c1-6(2)3-4-8-9-5-7/h5-6H,3-4H2,1-2H3. The molecule has 0 saturated heterocycles. The summed E-state index contributed by atoms with van der Waals surface area (Å²) in [4.78, 5) is 17.9. The number of rotatable bonds is 5. The molecule has 54 valence electrons. The van der Waals surface area contributed by atoms with Gasteiger partial charge < -0.3 is 4.89 Å². The van der Waals surface area contributed by atoms with Gasteiger partial charge in [-0.2, -0.15) is 4.89 Å². The molecule has 3 heteroatoms. The second kappa shape index (κ2) is 5.56. The largest absolute Gasteiger partial charge is 0.330 e. The van der Waals surface area contributed by atoms with Gasteiger partial charge in [0.15, 0.2) is 0 Å². The average molecular weight is 132 g/mol. The van der Waals surface area contributed by atoms with Gasteiger partial charge in [0.25, 0.3) is 0 Å². The van der Waals surface area contributed by atoms with E-state index in [9.17, 15) is 4.79 Å². The summed E-state index contributed by atoms with van der Waals surface area (Å²) < 4.78 is 0. The predicted octanol–water partition coefficient (Wildman–Crippen LogP) is 1.14. The molecule has 0 spiro atoms. The summed E-state index contributed by atoms with van der Waals surface area (Å²) in [6, 6.07) is 0. The highest BCUT2D eigenvalue weighted by atomic mass is 17.2. The van der Waals surface area contributed by atoms with Crippen molar-refractivity contribution < 1.29 is 14.6 Å². The number of hydrogen-bond acceptors (Lipinski definition) is 3. The highest BCUT2D eigenvalue weighted by Gasteiger charge is 1.92. The fourth-order valence-corrected chi connectivity index (χ4v) is 0.360. The fraction of sp³-hybridized carbons (Fsp3) is 0.833. The normalized spacial score (nSPS) is 9.67. The Morgan fingerprint density at radius 2 is 2.22 bits per heavy atom. The summed E-state index contributed by atoms with van der Waals surface area (Å²) >= 11 is 0. The lowest BCUT2D eigenvalue weighted by molar-refractivity contribution is -0.260. The van der Waals surface area contributed by atoms with Crippen molar-refractivity contribution in [1.29, 1.82) is 0 Å². The summed E-state index contributed by atoms with van der Waals surface area (Å²) in [5, 5.41) is 0. The van der Waals surface area contributed by atoms with Crippen LogP contribution in [-0.4, -0.2) is 13.1 Å². The van der Waals surface area contributed by atoms with Gasteiger partial charge in [0.1, 0.15) is 0 Å². The average Bonchev–Trinajstić information content (AvgIpc) is 1.80. The molecule has 0 atom stereocenters. The van der Waals surface area contributed by atoms with Crippen LogP contribution in [0.25, 0.3) is 0 Å². The molecule has 0 radical (unpaired) electrons. The van der Waals surface area contributed by atoms with Crippen molar-refractivity contribution in [2.75, 3.05) is 6.61 Å². The van der Waals surface area contributed by atoms with Crippen LogP contribution in [0.5, 0.6) is 0 Å². The maximum atomic E-state index is 9.50. The summed E-state index contributed by atoms with van der Waals surface area (Å²) in [7, 11) is 0.